The number of rotatable bonds is 1. The van der Waals surface area contributed by atoms with E-state index in [9.17, 15) is 10.0 Å². The predicted octanol–water partition coefficient (Wildman–Crippen LogP) is 0.223. The van der Waals surface area contributed by atoms with E-state index in [4.69, 9.17) is 0 Å². The number of aryl methyl sites for hydroxylation is 1. The third-order valence-corrected chi connectivity index (χ3v) is 2.29. The van der Waals surface area contributed by atoms with Gasteiger partial charge in [-0.25, -0.2) is 0 Å². The molecule has 0 amide bonds. The van der Waals surface area contributed by atoms with Crippen LogP contribution in [0.3, 0.4) is 0 Å². The Morgan fingerprint density at radius 1 is 1.21 bits per heavy atom. The lowest BCUT2D eigenvalue weighted by molar-refractivity contribution is 0.426. The first kappa shape index (κ1) is 9.18. The summed E-state index contributed by atoms with van der Waals surface area (Å²) < 4.78 is 0. The minimum Gasteiger partial charge on any atom is -0.423 e. The van der Waals surface area contributed by atoms with Crippen molar-refractivity contribution in [2.45, 2.75) is 6.92 Å². The molecule has 3 nitrogen and oxygen atoms in total. The molecule has 0 fully saturated rings. The van der Waals surface area contributed by atoms with E-state index in [-0.39, 0.29) is 0 Å². The fourth-order valence-electron chi connectivity index (χ4n) is 1.65. The van der Waals surface area contributed by atoms with Crippen molar-refractivity contribution in [1.29, 1.82) is 0 Å². The minimum absolute atomic E-state index is 0.508. The number of aromatic nitrogens is 1. The topological polar surface area (TPSA) is 53.4 Å². The molecular formula is C10H10BNO2. The van der Waals surface area contributed by atoms with Crippen LogP contribution >= 0.6 is 0 Å². The summed E-state index contributed by atoms with van der Waals surface area (Å²) in [5.74, 6) is 0. The molecule has 2 aromatic rings. The van der Waals surface area contributed by atoms with Crippen LogP contribution in [0.15, 0.2) is 30.5 Å². The SMILES string of the molecule is Cc1nccc2cccc(B(O)O)c12. The quantitative estimate of drug-likeness (QED) is 0.628. The average Bonchev–Trinajstić information content (AvgIpc) is 2.17. The van der Waals surface area contributed by atoms with Gasteiger partial charge in [-0.3, -0.25) is 4.98 Å². The molecule has 0 unspecified atom stereocenters. The van der Waals surface area contributed by atoms with Crippen LogP contribution in [0.25, 0.3) is 10.8 Å². The number of hydrogen-bond donors (Lipinski definition) is 2. The summed E-state index contributed by atoms with van der Waals surface area (Å²) >= 11 is 0. The van der Waals surface area contributed by atoms with Crippen molar-refractivity contribution >= 4 is 23.4 Å². The van der Waals surface area contributed by atoms with Crippen LogP contribution in [0.1, 0.15) is 5.69 Å². The van der Waals surface area contributed by atoms with Gasteiger partial charge in [0.15, 0.2) is 0 Å². The third kappa shape index (κ3) is 1.39. The van der Waals surface area contributed by atoms with E-state index in [0.717, 1.165) is 16.5 Å². The molecule has 70 valence electrons. The molecule has 0 saturated heterocycles. The van der Waals surface area contributed by atoms with Gasteiger partial charge < -0.3 is 10.0 Å². The highest BCUT2D eigenvalue weighted by molar-refractivity contribution is 6.62. The maximum atomic E-state index is 9.17. The first-order valence-corrected chi connectivity index (χ1v) is 4.40. The zero-order valence-corrected chi connectivity index (χ0v) is 7.81. The first-order valence-electron chi connectivity index (χ1n) is 4.40. The van der Waals surface area contributed by atoms with E-state index in [0.29, 0.717) is 5.46 Å². The van der Waals surface area contributed by atoms with Gasteiger partial charge in [0.1, 0.15) is 0 Å². The Morgan fingerprint density at radius 2 is 2.00 bits per heavy atom. The summed E-state index contributed by atoms with van der Waals surface area (Å²) in [6.45, 7) is 1.86. The molecule has 0 spiro atoms. The fraction of sp³-hybridized carbons (Fsp3) is 0.100. The van der Waals surface area contributed by atoms with Gasteiger partial charge in [-0.15, -0.1) is 0 Å². The number of pyridine rings is 1. The summed E-state index contributed by atoms with van der Waals surface area (Å²) in [4.78, 5) is 4.13. The zero-order chi connectivity index (χ0) is 10.1. The van der Waals surface area contributed by atoms with Gasteiger partial charge in [0, 0.05) is 17.3 Å². The Bertz CT molecular complexity index is 465. The number of hydrogen-bond acceptors (Lipinski definition) is 3. The van der Waals surface area contributed by atoms with E-state index in [2.05, 4.69) is 4.98 Å². The Morgan fingerprint density at radius 3 is 2.71 bits per heavy atom. The molecule has 0 bridgehead atoms. The van der Waals surface area contributed by atoms with Gasteiger partial charge >= 0.3 is 7.12 Å². The molecule has 4 heteroatoms. The lowest BCUT2D eigenvalue weighted by Crippen LogP contribution is -2.30. The molecule has 0 aliphatic carbocycles. The van der Waals surface area contributed by atoms with Crippen molar-refractivity contribution in [1.82, 2.24) is 4.98 Å². The second-order valence-corrected chi connectivity index (χ2v) is 3.22. The van der Waals surface area contributed by atoms with Gasteiger partial charge in [0.2, 0.25) is 0 Å². The summed E-state index contributed by atoms with van der Waals surface area (Å²) in [7, 11) is -1.44. The van der Waals surface area contributed by atoms with Gasteiger partial charge in [-0.05, 0) is 23.8 Å². The Balaban J connectivity index is 2.84. The van der Waals surface area contributed by atoms with Crippen LogP contribution in [0.2, 0.25) is 0 Å². The van der Waals surface area contributed by atoms with Crippen LogP contribution in [0, 0.1) is 6.92 Å². The molecular weight excluding hydrogens is 177 g/mol. The van der Waals surface area contributed by atoms with Crippen LogP contribution in [-0.2, 0) is 0 Å². The lowest BCUT2D eigenvalue weighted by atomic mass is 9.77. The molecule has 1 aromatic heterocycles. The molecule has 1 aromatic carbocycles. The van der Waals surface area contributed by atoms with E-state index in [1.165, 1.54) is 0 Å². The maximum Gasteiger partial charge on any atom is 0.489 e. The molecule has 2 rings (SSSR count). The maximum absolute atomic E-state index is 9.17. The highest BCUT2D eigenvalue weighted by Crippen LogP contribution is 2.13. The van der Waals surface area contributed by atoms with E-state index >= 15 is 0 Å². The molecule has 1 heterocycles. The second-order valence-electron chi connectivity index (χ2n) is 3.22. The van der Waals surface area contributed by atoms with Gasteiger partial charge in [-0.1, -0.05) is 18.2 Å². The third-order valence-electron chi connectivity index (χ3n) is 2.29. The standard InChI is InChI=1S/C10H10BNO2/c1-7-10-8(5-6-12-7)3-2-4-9(10)11(13)14/h2-6,13-14H,1H3. The molecule has 0 radical (unpaired) electrons. The summed E-state index contributed by atoms with van der Waals surface area (Å²) in [5, 5.41) is 20.1. The van der Waals surface area contributed by atoms with Crippen LogP contribution in [0.5, 0.6) is 0 Å². The van der Waals surface area contributed by atoms with Crippen molar-refractivity contribution in [2.24, 2.45) is 0 Å². The van der Waals surface area contributed by atoms with Crippen molar-refractivity contribution in [3.05, 3.63) is 36.2 Å². The number of benzene rings is 1. The summed E-state index contributed by atoms with van der Waals surface area (Å²) in [5.41, 5.74) is 1.32. The summed E-state index contributed by atoms with van der Waals surface area (Å²) in [6, 6.07) is 7.28. The summed E-state index contributed by atoms with van der Waals surface area (Å²) in [6.07, 6.45) is 1.71. The van der Waals surface area contributed by atoms with Crippen molar-refractivity contribution in [3.63, 3.8) is 0 Å². The minimum atomic E-state index is -1.44. The zero-order valence-electron chi connectivity index (χ0n) is 7.81. The molecule has 14 heavy (non-hydrogen) atoms. The van der Waals surface area contributed by atoms with Crippen LogP contribution in [0.4, 0.5) is 0 Å². The molecule has 0 atom stereocenters. The molecule has 2 N–H and O–H groups in total. The molecule has 0 aliphatic rings. The normalized spacial score (nSPS) is 10.5. The van der Waals surface area contributed by atoms with Crippen LogP contribution < -0.4 is 5.46 Å². The fourth-order valence-corrected chi connectivity index (χ4v) is 1.65. The molecule has 0 saturated carbocycles. The van der Waals surface area contributed by atoms with Gasteiger partial charge in [-0.2, -0.15) is 0 Å². The number of nitrogens with zero attached hydrogens (tertiary/aromatic N) is 1. The van der Waals surface area contributed by atoms with E-state index < -0.39 is 7.12 Å². The Hall–Kier alpha value is -1.39. The first-order chi connectivity index (χ1) is 6.70. The highest BCUT2D eigenvalue weighted by Gasteiger charge is 2.15. The predicted molar refractivity (Wildman–Crippen MR) is 56.3 cm³/mol. The number of fused-ring (bicyclic) bond motifs is 1. The van der Waals surface area contributed by atoms with Crippen molar-refractivity contribution in [3.8, 4) is 0 Å². The smallest absolute Gasteiger partial charge is 0.423 e. The largest absolute Gasteiger partial charge is 0.489 e. The lowest BCUT2D eigenvalue weighted by Gasteiger charge is -2.06. The molecule has 0 aliphatic heterocycles. The van der Waals surface area contributed by atoms with E-state index in [1.807, 2.05) is 19.1 Å². The Labute approximate surface area is 82.2 Å². The van der Waals surface area contributed by atoms with Crippen molar-refractivity contribution < 1.29 is 10.0 Å². The highest BCUT2D eigenvalue weighted by atomic mass is 16.4. The van der Waals surface area contributed by atoms with Crippen LogP contribution in [-0.4, -0.2) is 22.2 Å². The van der Waals surface area contributed by atoms with E-state index in [1.54, 1.807) is 18.3 Å². The second kappa shape index (κ2) is 3.40. The average molecular weight is 187 g/mol. The van der Waals surface area contributed by atoms with Gasteiger partial charge in [0.25, 0.3) is 0 Å². The monoisotopic (exact) mass is 187 g/mol. The van der Waals surface area contributed by atoms with Gasteiger partial charge in [0.05, 0.1) is 0 Å². The Kier molecular flexibility index (Phi) is 2.23. The van der Waals surface area contributed by atoms with Crippen molar-refractivity contribution in [2.75, 3.05) is 0 Å².